The van der Waals surface area contributed by atoms with Crippen LogP contribution in [-0.4, -0.2) is 12.5 Å². The van der Waals surface area contributed by atoms with Gasteiger partial charge in [-0.15, -0.1) is 0 Å². The molecule has 4 aliphatic carbocycles. The molecule has 0 radical (unpaired) electrons. The van der Waals surface area contributed by atoms with Gasteiger partial charge >= 0.3 is 0 Å². The normalized spacial score (nSPS) is 33.1. The number of rotatable bonds is 4. The van der Waals surface area contributed by atoms with Crippen LogP contribution in [-0.2, 0) is 5.41 Å². The number of hydrogen-bond acceptors (Lipinski definition) is 1. The molecular formula is C25H28ClNO. The first-order valence-electron chi connectivity index (χ1n) is 10.6. The molecule has 4 fully saturated rings. The molecule has 1 amide bonds. The van der Waals surface area contributed by atoms with E-state index in [9.17, 15) is 4.79 Å². The van der Waals surface area contributed by atoms with Crippen molar-refractivity contribution in [1.29, 1.82) is 0 Å². The zero-order valence-electron chi connectivity index (χ0n) is 16.5. The van der Waals surface area contributed by atoms with Crippen molar-refractivity contribution in [2.45, 2.75) is 50.9 Å². The maximum absolute atomic E-state index is 12.7. The zero-order chi connectivity index (χ0) is 19.4. The van der Waals surface area contributed by atoms with Crippen molar-refractivity contribution in [3.8, 4) is 0 Å². The molecule has 28 heavy (non-hydrogen) atoms. The second kappa shape index (κ2) is 6.62. The van der Waals surface area contributed by atoms with Gasteiger partial charge in [0.25, 0.3) is 5.91 Å². The average molecular weight is 394 g/mol. The van der Waals surface area contributed by atoms with Gasteiger partial charge in [0.05, 0.1) is 0 Å². The molecule has 2 nitrogen and oxygen atoms in total. The first kappa shape index (κ1) is 18.2. The maximum Gasteiger partial charge on any atom is 0.251 e. The van der Waals surface area contributed by atoms with Crippen molar-refractivity contribution in [2.24, 2.45) is 17.3 Å². The van der Waals surface area contributed by atoms with Crippen LogP contribution in [0.15, 0.2) is 48.5 Å². The van der Waals surface area contributed by atoms with Gasteiger partial charge in [-0.3, -0.25) is 4.79 Å². The van der Waals surface area contributed by atoms with Gasteiger partial charge in [-0.05, 0) is 97.9 Å². The first-order chi connectivity index (χ1) is 13.5. The Morgan fingerprint density at radius 1 is 1.00 bits per heavy atom. The number of carbonyl (C=O) groups is 1. The highest BCUT2D eigenvalue weighted by Gasteiger charge is 2.57. The number of benzene rings is 2. The van der Waals surface area contributed by atoms with Crippen LogP contribution in [0.3, 0.4) is 0 Å². The molecule has 0 spiro atoms. The van der Waals surface area contributed by atoms with Gasteiger partial charge in [0.2, 0.25) is 0 Å². The van der Waals surface area contributed by atoms with Crippen molar-refractivity contribution in [2.75, 3.05) is 6.54 Å². The minimum Gasteiger partial charge on any atom is -0.351 e. The minimum absolute atomic E-state index is 0.0248. The summed E-state index contributed by atoms with van der Waals surface area (Å²) in [5.41, 5.74) is 4.14. The summed E-state index contributed by atoms with van der Waals surface area (Å²) in [7, 11) is 0. The summed E-state index contributed by atoms with van der Waals surface area (Å²) in [6.07, 6.45) is 7.83. The van der Waals surface area contributed by atoms with E-state index in [4.69, 9.17) is 11.6 Å². The third-order valence-corrected chi connectivity index (χ3v) is 7.83. The van der Waals surface area contributed by atoms with E-state index < -0.39 is 0 Å². The molecule has 2 unspecified atom stereocenters. The lowest BCUT2D eigenvalue weighted by atomic mass is 9.43. The smallest absolute Gasteiger partial charge is 0.251 e. The third-order valence-electron chi connectivity index (χ3n) is 7.58. The van der Waals surface area contributed by atoms with E-state index in [1.54, 1.807) is 12.1 Å². The Kier molecular flexibility index (Phi) is 4.32. The lowest BCUT2D eigenvalue weighted by Crippen LogP contribution is -2.57. The Labute approximate surface area is 172 Å². The SMILES string of the molecule is Cc1ccc(C23CC4CC(CC(CNC(=O)c5ccc(Cl)cc5)(C4)C2)C3)cc1. The highest BCUT2D eigenvalue weighted by atomic mass is 35.5. The van der Waals surface area contributed by atoms with Crippen LogP contribution in [0, 0.1) is 24.2 Å². The van der Waals surface area contributed by atoms with Crippen molar-refractivity contribution in [1.82, 2.24) is 5.32 Å². The Morgan fingerprint density at radius 2 is 1.64 bits per heavy atom. The van der Waals surface area contributed by atoms with Gasteiger partial charge in [0.1, 0.15) is 0 Å². The van der Waals surface area contributed by atoms with E-state index in [0.717, 1.165) is 18.4 Å². The molecule has 3 heteroatoms. The van der Waals surface area contributed by atoms with E-state index in [1.807, 2.05) is 12.1 Å². The molecule has 4 saturated carbocycles. The molecule has 6 rings (SSSR count). The number of amides is 1. The summed E-state index contributed by atoms with van der Waals surface area (Å²) in [5.74, 6) is 1.65. The summed E-state index contributed by atoms with van der Waals surface area (Å²) in [4.78, 5) is 12.7. The molecule has 0 heterocycles. The van der Waals surface area contributed by atoms with E-state index >= 15 is 0 Å². The molecule has 2 aromatic carbocycles. The molecule has 4 bridgehead atoms. The zero-order valence-corrected chi connectivity index (χ0v) is 17.3. The van der Waals surface area contributed by atoms with E-state index in [2.05, 4.69) is 36.5 Å². The Hall–Kier alpha value is -1.80. The fraction of sp³-hybridized carbons (Fsp3) is 0.480. The quantitative estimate of drug-likeness (QED) is 0.686. The predicted molar refractivity (Wildman–Crippen MR) is 114 cm³/mol. The topological polar surface area (TPSA) is 29.1 Å². The van der Waals surface area contributed by atoms with Crippen LogP contribution in [0.1, 0.15) is 60.0 Å². The highest BCUT2D eigenvalue weighted by Crippen LogP contribution is 2.65. The molecule has 2 aromatic rings. The number of halogens is 1. The second-order valence-electron chi connectivity index (χ2n) is 9.80. The third kappa shape index (κ3) is 3.16. The first-order valence-corrected chi connectivity index (χ1v) is 10.9. The van der Waals surface area contributed by atoms with Crippen molar-refractivity contribution >= 4 is 17.5 Å². The van der Waals surface area contributed by atoms with Crippen molar-refractivity contribution in [3.05, 3.63) is 70.2 Å². The van der Waals surface area contributed by atoms with Crippen molar-refractivity contribution < 1.29 is 4.79 Å². The largest absolute Gasteiger partial charge is 0.351 e. The van der Waals surface area contributed by atoms with E-state index in [1.165, 1.54) is 49.7 Å². The fourth-order valence-corrected chi connectivity index (χ4v) is 7.00. The van der Waals surface area contributed by atoms with Gasteiger partial charge in [0.15, 0.2) is 0 Å². The van der Waals surface area contributed by atoms with Crippen molar-refractivity contribution in [3.63, 3.8) is 0 Å². The van der Waals surface area contributed by atoms with Crippen LogP contribution in [0.5, 0.6) is 0 Å². The Morgan fingerprint density at radius 3 is 2.29 bits per heavy atom. The molecule has 4 aliphatic rings. The highest BCUT2D eigenvalue weighted by molar-refractivity contribution is 6.30. The average Bonchev–Trinajstić information content (AvgIpc) is 2.66. The van der Waals surface area contributed by atoms with Crippen LogP contribution >= 0.6 is 11.6 Å². The van der Waals surface area contributed by atoms with Crippen LogP contribution < -0.4 is 5.32 Å². The number of nitrogens with one attached hydrogen (secondary N) is 1. The molecule has 0 aliphatic heterocycles. The summed E-state index contributed by atoms with van der Waals surface area (Å²) >= 11 is 5.96. The molecular weight excluding hydrogens is 366 g/mol. The molecule has 146 valence electrons. The van der Waals surface area contributed by atoms with E-state index in [-0.39, 0.29) is 11.3 Å². The molecule has 0 aromatic heterocycles. The molecule has 2 atom stereocenters. The summed E-state index contributed by atoms with van der Waals surface area (Å²) < 4.78 is 0. The minimum atomic E-state index is 0.0248. The van der Waals surface area contributed by atoms with Gasteiger partial charge in [-0.25, -0.2) is 0 Å². The van der Waals surface area contributed by atoms with Gasteiger partial charge in [0, 0.05) is 17.1 Å². The number of aryl methyl sites for hydroxylation is 1. The standard InChI is InChI=1S/C25H28ClNO/c1-17-2-6-21(7-3-17)25-13-18-10-19(14-25)12-24(11-18,15-25)16-27-23(28)20-4-8-22(26)9-5-20/h2-9,18-19H,10-16H2,1H3,(H,27,28). The fourth-order valence-electron chi connectivity index (χ4n) is 6.87. The van der Waals surface area contributed by atoms with Crippen LogP contribution in [0.2, 0.25) is 5.02 Å². The van der Waals surface area contributed by atoms with Gasteiger partial charge in [-0.1, -0.05) is 41.4 Å². The molecule has 0 saturated heterocycles. The monoisotopic (exact) mass is 393 g/mol. The van der Waals surface area contributed by atoms with Gasteiger partial charge in [-0.2, -0.15) is 0 Å². The summed E-state index contributed by atoms with van der Waals surface area (Å²) in [5, 5.41) is 3.94. The maximum atomic E-state index is 12.7. The number of carbonyl (C=O) groups excluding carboxylic acids is 1. The second-order valence-corrected chi connectivity index (χ2v) is 10.2. The van der Waals surface area contributed by atoms with Crippen LogP contribution in [0.25, 0.3) is 0 Å². The lowest BCUT2D eigenvalue weighted by molar-refractivity contribution is -0.0697. The van der Waals surface area contributed by atoms with Crippen LogP contribution in [0.4, 0.5) is 0 Å². The van der Waals surface area contributed by atoms with E-state index in [0.29, 0.717) is 16.0 Å². The number of hydrogen-bond donors (Lipinski definition) is 1. The summed E-state index contributed by atoms with van der Waals surface area (Å²) in [6, 6.07) is 16.5. The predicted octanol–water partition coefficient (Wildman–Crippen LogP) is 5.92. The summed E-state index contributed by atoms with van der Waals surface area (Å²) in [6.45, 7) is 2.96. The Balaban J connectivity index is 1.37. The Bertz CT molecular complexity index is 872. The lowest BCUT2D eigenvalue weighted by Gasteiger charge is -2.62. The van der Waals surface area contributed by atoms with Gasteiger partial charge < -0.3 is 5.32 Å². The molecule has 1 N–H and O–H groups in total.